The summed E-state index contributed by atoms with van der Waals surface area (Å²) in [4.78, 5) is 19.2. The van der Waals surface area contributed by atoms with Gasteiger partial charge in [0.2, 0.25) is 0 Å². The Hall–Kier alpha value is -3.64. The van der Waals surface area contributed by atoms with Crippen molar-refractivity contribution in [1.29, 1.82) is 0 Å². The number of hydrogen-bond acceptors (Lipinski definition) is 5. The minimum absolute atomic E-state index is 0.0129. The molecule has 3 aromatic rings. The van der Waals surface area contributed by atoms with Gasteiger partial charge in [-0.15, -0.1) is 0 Å². The number of nitrogens with one attached hydrogen (secondary N) is 1. The summed E-state index contributed by atoms with van der Waals surface area (Å²) in [5, 5.41) is 13.6. The molecule has 2 unspecified atom stereocenters. The van der Waals surface area contributed by atoms with Crippen LogP contribution in [0.2, 0.25) is 0 Å². The molecule has 0 bridgehead atoms. The fraction of sp³-hybridized carbons (Fsp3) is 0.286. The van der Waals surface area contributed by atoms with E-state index in [0.717, 1.165) is 47.6 Å². The first-order chi connectivity index (χ1) is 16.6. The molecule has 0 saturated heterocycles. The number of fused-ring (bicyclic) bond motifs is 3. The van der Waals surface area contributed by atoms with Gasteiger partial charge in [-0.25, -0.2) is 0 Å². The van der Waals surface area contributed by atoms with Crippen LogP contribution >= 0.6 is 0 Å². The molecule has 0 fully saturated rings. The van der Waals surface area contributed by atoms with E-state index < -0.39 is 12.2 Å². The Morgan fingerprint density at radius 3 is 3.00 bits per heavy atom. The van der Waals surface area contributed by atoms with Gasteiger partial charge in [-0.05, 0) is 73.1 Å². The van der Waals surface area contributed by atoms with E-state index in [9.17, 15) is 9.90 Å². The number of pyridine rings is 1. The van der Waals surface area contributed by atoms with Gasteiger partial charge in [0.15, 0.2) is 6.10 Å². The van der Waals surface area contributed by atoms with Crippen LogP contribution < -0.4 is 15.0 Å². The molecule has 0 saturated carbocycles. The van der Waals surface area contributed by atoms with Crippen molar-refractivity contribution in [3.8, 4) is 5.75 Å². The largest absolute Gasteiger partial charge is 0.479 e. The summed E-state index contributed by atoms with van der Waals surface area (Å²) in [5.74, 6) is 0.685. The van der Waals surface area contributed by atoms with Crippen molar-refractivity contribution in [2.45, 2.75) is 44.8 Å². The lowest BCUT2D eigenvalue weighted by atomic mass is 10.0. The van der Waals surface area contributed by atoms with Crippen molar-refractivity contribution in [3.63, 3.8) is 0 Å². The zero-order valence-corrected chi connectivity index (χ0v) is 19.1. The minimum Gasteiger partial charge on any atom is -0.479 e. The third-order valence-corrected chi connectivity index (χ3v) is 7.06. The van der Waals surface area contributed by atoms with Crippen LogP contribution in [0.15, 0.2) is 60.8 Å². The number of aromatic nitrogens is 1. The van der Waals surface area contributed by atoms with Gasteiger partial charge in [0.25, 0.3) is 5.91 Å². The van der Waals surface area contributed by atoms with E-state index in [2.05, 4.69) is 40.6 Å². The number of carbonyl (C=O) groups excluding carboxylic acids is 1. The maximum Gasteiger partial charge on any atom is 0.267 e. The van der Waals surface area contributed by atoms with E-state index in [1.165, 1.54) is 16.7 Å². The van der Waals surface area contributed by atoms with Crippen LogP contribution in [0.1, 0.15) is 48.3 Å². The first kappa shape index (κ1) is 20.9. The molecule has 6 rings (SSSR count). The molecular formula is C28H27N3O3. The first-order valence-corrected chi connectivity index (χ1v) is 11.9. The predicted octanol–water partition coefficient (Wildman–Crippen LogP) is 4.95. The number of anilines is 3. The van der Waals surface area contributed by atoms with Crippen LogP contribution in [-0.2, 0) is 17.6 Å². The summed E-state index contributed by atoms with van der Waals surface area (Å²) in [6.07, 6.45) is 6.23. The molecule has 2 heterocycles. The van der Waals surface area contributed by atoms with Crippen LogP contribution in [0.5, 0.6) is 5.75 Å². The summed E-state index contributed by atoms with van der Waals surface area (Å²) in [6.45, 7) is 2.42. The number of ether oxygens (including phenoxy) is 1. The van der Waals surface area contributed by atoms with Crippen LogP contribution in [0.3, 0.4) is 0 Å². The van der Waals surface area contributed by atoms with Crippen molar-refractivity contribution >= 4 is 28.5 Å². The molecular weight excluding hydrogens is 426 g/mol. The quantitative estimate of drug-likeness (QED) is 0.572. The molecule has 3 aliphatic rings. The van der Waals surface area contributed by atoms with Crippen molar-refractivity contribution in [2.75, 3.05) is 16.8 Å². The Kier molecular flexibility index (Phi) is 5.11. The molecule has 1 aromatic heterocycles. The number of aliphatic hydroxyl groups excluding tert-OH is 1. The second-order valence-electron chi connectivity index (χ2n) is 9.17. The van der Waals surface area contributed by atoms with E-state index in [1.54, 1.807) is 13.1 Å². The molecule has 34 heavy (non-hydrogen) atoms. The van der Waals surface area contributed by atoms with Crippen LogP contribution in [0.25, 0.3) is 5.57 Å². The zero-order valence-electron chi connectivity index (χ0n) is 19.1. The number of hydrogen-bond donors (Lipinski definition) is 2. The lowest BCUT2D eigenvalue weighted by Gasteiger charge is -2.33. The normalized spacial score (nSPS) is 20.4. The highest BCUT2D eigenvalue weighted by molar-refractivity contribution is 6.00. The van der Waals surface area contributed by atoms with Gasteiger partial charge in [0, 0.05) is 30.2 Å². The van der Waals surface area contributed by atoms with Gasteiger partial charge in [-0.3, -0.25) is 9.78 Å². The van der Waals surface area contributed by atoms with Crippen molar-refractivity contribution in [3.05, 3.63) is 83.2 Å². The van der Waals surface area contributed by atoms with Crippen molar-refractivity contribution in [2.24, 2.45) is 0 Å². The third kappa shape index (κ3) is 3.55. The summed E-state index contributed by atoms with van der Waals surface area (Å²) < 4.78 is 5.99. The lowest BCUT2D eigenvalue weighted by molar-refractivity contribution is -0.125. The summed E-state index contributed by atoms with van der Waals surface area (Å²) in [7, 11) is 0. The van der Waals surface area contributed by atoms with Gasteiger partial charge < -0.3 is 20.1 Å². The summed E-state index contributed by atoms with van der Waals surface area (Å²) in [6, 6.07) is 16.3. The molecule has 2 N–H and O–H groups in total. The van der Waals surface area contributed by atoms with E-state index in [4.69, 9.17) is 4.74 Å². The summed E-state index contributed by atoms with van der Waals surface area (Å²) in [5.41, 5.74) is 8.40. The second kappa shape index (κ2) is 8.29. The van der Waals surface area contributed by atoms with Crippen molar-refractivity contribution in [1.82, 2.24) is 4.98 Å². The molecule has 1 aliphatic heterocycles. The SMILES string of the molecule is CC1Oc2cc(Nc3ccnc4c3CCC4O)ccc2N(CCC2=CCc3ccccc32)C1=O. The van der Waals surface area contributed by atoms with Gasteiger partial charge in [0.1, 0.15) is 5.75 Å². The zero-order chi connectivity index (χ0) is 23.2. The van der Waals surface area contributed by atoms with E-state index in [1.807, 2.05) is 29.2 Å². The number of benzene rings is 2. The molecule has 2 atom stereocenters. The van der Waals surface area contributed by atoms with Gasteiger partial charge in [0.05, 0.1) is 17.5 Å². The fourth-order valence-electron chi connectivity index (χ4n) is 5.29. The molecule has 2 aromatic carbocycles. The highest BCUT2D eigenvalue weighted by Gasteiger charge is 2.32. The highest BCUT2D eigenvalue weighted by Crippen LogP contribution is 2.40. The predicted molar refractivity (Wildman–Crippen MR) is 132 cm³/mol. The van der Waals surface area contributed by atoms with Gasteiger partial charge in [-0.2, -0.15) is 0 Å². The number of carbonyl (C=O) groups is 1. The van der Waals surface area contributed by atoms with Gasteiger partial charge >= 0.3 is 0 Å². The number of aliphatic hydroxyl groups is 1. The molecule has 6 nitrogen and oxygen atoms in total. The first-order valence-electron chi connectivity index (χ1n) is 11.9. The number of allylic oxidation sites excluding steroid dienone is 1. The molecule has 2 aliphatic carbocycles. The van der Waals surface area contributed by atoms with E-state index in [0.29, 0.717) is 18.7 Å². The average Bonchev–Trinajstić information content (AvgIpc) is 3.44. The van der Waals surface area contributed by atoms with Crippen LogP contribution in [0, 0.1) is 0 Å². The molecule has 172 valence electrons. The van der Waals surface area contributed by atoms with E-state index >= 15 is 0 Å². The Labute approximate surface area is 198 Å². The van der Waals surface area contributed by atoms with Crippen LogP contribution in [0.4, 0.5) is 17.1 Å². The third-order valence-electron chi connectivity index (χ3n) is 7.06. The monoisotopic (exact) mass is 453 g/mol. The Morgan fingerprint density at radius 2 is 2.09 bits per heavy atom. The number of rotatable bonds is 5. The van der Waals surface area contributed by atoms with Crippen LogP contribution in [-0.4, -0.2) is 28.6 Å². The maximum atomic E-state index is 13.0. The maximum absolute atomic E-state index is 13.0. The average molecular weight is 454 g/mol. The molecule has 6 heteroatoms. The second-order valence-corrected chi connectivity index (χ2v) is 9.17. The topological polar surface area (TPSA) is 74.7 Å². The lowest BCUT2D eigenvalue weighted by Crippen LogP contribution is -2.44. The smallest absolute Gasteiger partial charge is 0.267 e. The standard InChI is InChI=1S/C28H27N3O3/c1-17-28(33)31(15-13-19-7-6-18-4-2-3-5-21(18)19)24-10-8-20(16-26(24)34-17)30-23-12-14-29-27-22(23)9-11-25(27)32/h2-5,7-8,10,12,14,16-17,25,32H,6,9,11,13,15H2,1H3,(H,29,30). The Morgan fingerprint density at radius 1 is 1.21 bits per heavy atom. The number of nitrogens with zero attached hydrogens (tertiary/aromatic N) is 2. The Bertz CT molecular complexity index is 1320. The molecule has 0 spiro atoms. The Balaban J connectivity index is 1.24. The van der Waals surface area contributed by atoms with E-state index in [-0.39, 0.29) is 5.91 Å². The summed E-state index contributed by atoms with van der Waals surface area (Å²) >= 11 is 0. The highest BCUT2D eigenvalue weighted by atomic mass is 16.5. The van der Waals surface area contributed by atoms with Gasteiger partial charge in [-0.1, -0.05) is 30.3 Å². The number of amides is 1. The molecule has 0 radical (unpaired) electrons. The van der Waals surface area contributed by atoms with Crippen molar-refractivity contribution < 1.29 is 14.6 Å². The fourth-order valence-corrected chi connectivity index (χ4v) is 5.29. The minimum atomic E-state index is -0.534. The molecule has 1 amide bonds.